The Labute approximate surface area is 762 Å². The van der Waals surface area contributed by atoms with Crippen molar-refractivity contribution in [1.82, 2.24) is 21.0 Å². The number of allylic oxidation sites excluding steroid dienone is 3. The number of aliphatic hydroxyl groups is 5. The Bertz CT molecular complexity index is 4350. The Morgan fingerprint density at radius 2 is 1.48 bits per heavy atom. The third kappa shape index (κ3) is 28.1. The lowest BCUT2D eigenvalue weighted by molar-refractivity contribution is -0.337. The maximum absolute atomic E-state index is 14.7. The third-order valence-corrected chi connectivity index (χ3v) is 28.1. The van der Waals surface area contributed by atoms with Crippen LogP contribution in [-0.2, 0) is 82.8 Å². The van der Waals surface area contributed by atoms with Gasteiger partial charge in [-0.05, 0) is 145 Å². The number of nitrogens with one attached hydrogen (secondary N) is 4. The molecule has 2 aliphatic carbocycles. The van der Waals surface area contributed by atoms with E-state index < -0.39 is 180 Å². The number of urea groups is 1. The zero-order chi connectivity index (χ0) is 92.8. The molecule has 0 unspecified atom stereocenters. The van der Waals surface area contributed by atoms with E-state index in [4.69, 9.17) is 73.1 Å². The van der Waals surface area contributed by atoms with E-state index in [0.717, 1.165) is 11.8 Å². The second-order valence-corrected chi connectivity index (χ2v) is 38.6. The number of primary amides is 1. The number of Topliss-reactive ketones (excluding diaryl/α,β-unsaturated/α-hetero) is 4. The summed E-state index contributed by atoms with van der Waals surface area (Å²) in [4.78, 5) is 130. The highest BCUT2D eigenvalue weighted by Crippen LogP contribution is 2.50. The van der Waals surface area contributed by atoms with E-state index in [0.29, 0.717) is 51.9 Å². The quantitative estimate of drug-likeness (QED) is 0.0102. The zero-order valence-corrected chi connectivity index (χ0v) is 78.8. The van der Waals surface area contributed by atoms with Gasteiger partial charge in [0, 0.05) is 104 Å². The predicted molar refractivity (Wildman–Crippen MR) is 478 cm³/mol. The molecule has 4 saturated heterocycles. The smallest absolute Gasteiger partial charge is 0.410 e. The number of aliphatic hydroxyl groups excluding tert-OH is 4. The van der Waals surface area contributed by atoms with E-state index in [2.05, 4.69) is 45.1 Å². The van der Waals surface area contributed by atoms with E-state index in [9.17, 15) is 68.7 Å². The predicted octanol–water partition coefficient (Wildman–Crippen LogP) is 7.26. The second-order valence-electron chi connectivity index (χ2n) is 33.2. The summed E-state index contributed by atoms with van der Waals surface area (Å²) in [5, 5.41) is 66.2. The molecule has 8 rings (SSSR count). The number of methoxy groups -OCH3 is 4. The van der Waals surface area contributed by atoms with Crippen molar-refractivity contribution in [1.29, 1.82) is 0 Å². The number of rotatable bonds is 42. The van der Waals surface area contributed by atoms with Crippen LogP contribution in [0.1, 0.15) is 168 Å². The van der Waals surface area contributed by atoms with Gasteiger partial charge in [0.05, 0.1) is 90.3 Å². The first-order chi connectivity index (χ1) is 59.7. The normalized spacial score (nSPS) is 28.6. The maximum Gasteiger partial charge on any atom is 0.410 e. The molecule has 2 aromatic rings. The fourth-order valence-corrected chi connectivity index (χ4v) is 19.6. The number of benzene rings is 2. The van der Waals surface area contributed by atoms with Gasteiger partial charge in [-0.1, -0.05) is 116 Å². The van der Waals surface area contributed by atoms with Crippen LogP contribution in [0.15, 0.2) is 59.2 Å². The first-order valence-corrected chi connectivity index (χ1v) is 46.5. The number of halogens is 1. The van der Waals surface area contributed by atoms with Crippen molar-refractivity contribution in [3.63, 3.8) is 0 Å². The number of nitrogens with two attached hydrogens (primary N) is 2. The summed E-state index contributed by atoms with van der Waals surface area (Å²) in [6, 6.07) is 2.74. The molecule has 698 valence electrons. The molecule has 0 spiro atoms. The molecule has 0 radical (unpaired) electrons. The molecule has 4 aliphatic heterocycles. The number of nitrogens with zero attached hydrogens (tertiary/aromatic N) is 1. The first-order valence-electron chi connectivity index (χ1n) is 42.2. The number of carbonyl (C=O) groups is 9. The monoisotopic (exact) mass is 1930 g/mol. The molecule has 4 fully saturated rings. The van der Waals surface area contributed by atoms with Crippen LogP contribution in [0, 0.1) is 51.9 Å². The highest BCUT2D eigenvalue weighted by atomic mass is 127. The van der Waals surface area contributed by atoms with Gasteiger partial charge in [0.2, 0.25) is 29.0 Å². The molecule has 0 aromatic heterocycles. The van der Waals surface area contributed by atoms with Crippen LogP contribution < -0.4 is 47.1 Å². The summed E-state index contributed by atoms with van der Waals surface area (Å²) >= 11 is 2.77. The summed E-state index contributed by atoms with van der Waals surface area (Å²) in [5.41, 5.74) is 13.5. The standard InChI is InChI=1S/C88H124IN7O27S3/c1-17-96(86(109)116-43-52-28-30-55(31-29-52)93-80(105)54(26-24-35-92-85(91)108)39-59(99)69(45(2)3)94-81(106)53(37-46(4)97)25-21-23-34-90)58-44-115-64(41-63(58)111-13)121-77-72(103)70(49(7)118-84(77)120-62-27-20-18-19-22-33-88(110)42-61(101)56(38-47(5)98)67(62)57(88)32-36-124-126-87(10,11)12)95-123-65-40-60(100)79(51(9)117-65)125-82(107)66-48(6)68(89)75(78(114-16)74(66)112-14)122-83-73(104)76(113-15)71(102)50(8)119-83/h18-19,28-32,45,49-51,53-54,58,60,62-65,69-73,76-77,79,83-84,95,100,102-104,110H,17,21,23-26,34-44,90H2,1-16H3,(H,93,105)(H,94,106)(H3,91,92,108)/b19-18-,57-32+/t49-,50+,51-,53-,54-,58+,60+,62+,63+,64+,65+,69+,70-,71+,72+,73-,76-,77-,79-,83+,84+,88+/m1/s1. The van der Waals surface area contributed by atoms with Gasteiger partial charge in [0.25, 0.3) is 0 Å². The number of amides is 5. The van der Waals surface area contributed by atoms with Crippen molar-refractivity contribution >= 4 is 114 Å². The van der Waals surface area contributed by atoms with Gasteiger partial charge in [-0.3, -0.25) is 33.6 Å². The molecule has 22 atom stereocenters. The molecule has 38 heteroatoms. The summed E-state index contributed by atoms with van der Waals surface area (Å²) in [5.74, 6) is 7.65. The van der Waals surface area contributed by atoms with Crippen molar-refractivity contribution in [2.75, 3.05) is 65.7 Å². The molecule has 13 N–H and O–H groups in total. The van der Waals surface area contributed by atoms with Crippen LogP contribution in [0.4, 0.5) is 15.3 Å². The Balaban J connectivity index is 0.998. The van der Waals surface area contributed by atoms with Gasteiger partial charge in [0.1, 0.15) is 54.8 Å². The van der Waals surface area contributed by atoms with Crippen LogP contribution in [0.3, 0.4) is 0 Å². The molecule has 4 heterocycles. The molecule has 6 aliphatic rings. The van der Waals surface area contributed by atoms with Crippen molar-refractivity contribution in [3.05, 3.63) is 79.5 Å². The number of ketones is 4. The number of anilines is 1. The molecule has 2 bridgehead atoms. The topological polar surface area (TPSA) is 478 Å². The molecule has 34 nitrogen and oxygen atoms in total. The number of fused-ring (bicyclic) bond motifs is 2. The fraction of sp³-hybridized carbons (Fsp3) is 0.648. The second kappa shape index (κ2) is 48.9. The van der Waals surface area contributed by atoms with Crippen LogP contribution in [0.5, 0.6) is 17.2 Å². The van der Waals surface area contributed by atoms with Gasteiger partial charge in [-0.15, -0.1) is 0 Å². The van der Waals surface area contributed by atoms with Crippen molar-refractivity contribution < 1.29 is 130 Å². The van der Waals surface area contributed by atoms with Crippen LogP contribution in [0.25, 0.3) is 0 Å². The number of hydrogen-bond donors (Lipinski definition) is 11. The van der Waals surface area contributed by atoms with Gasteiger partial charge in [-0.25, -0.2) is 9.59 Å². The Morgan fingerprint density at radius 3 is 2.11 bits per heavy atom. The van der Waals surface area contributed by atoms with Crippen LogP contribution in [-0.4, -0.2) is 269 Å². The number of carbonyl (C=O) groups excluding carboxylic acids is 9. The Morgan fingerprint density at radius 1 is 0.802 bits per heavy atom. The molecule has 2 aromatic carbocycles. The number of unbranched alkanes of at least 4 members (excludes halogenated alkanes) is 1. The minimum absolute atomic E-state index is 0.00106. The summed E-state index contributed by atoms with van der Waals surface area (Å²) in [6.07, 6.45) is -14.1. The van der Waals surface area contributed by atoms with E-state index in [-0.39, 0.29) is 133 Å². The largest absolute Gasteiger partial charge is 0.492 e. The molecular weight excluding hydrogens is 1810 g/mol. The van der Waals surface area contributed by atoms with Crippen molar-refractivity contribution in [3.8, 4) is 40.9 Å². The summed E-state index contributed by atoms with van der Waals surface area (Å²) < 4.78 is 74.7. The molecule has 5 amide bonds. The fourth-order valence-electron chi connectivity index (χ4n) is 15.7. The first kappa shape index (κ1) is 105. The highest BCUT2D eigenvalue weighted by Gasteiger charge is 2.53. The minimum Gasteiger partial charge on any atom is -0.492 e. The van der Waals surface area contributed by atoms with E-state index >= 15 is 0 Å². The van der Waals surface area contributed by atoms with E-state index in [1.807, 2.05) is 43.4 Å². The average Bonchev–Trinajstić information content (AvgIpc) is 0.753. The lowest BCUT2D eigenvalue weighted by Crippen LogP contribution is -2.65. The molecule has 126 heavy (non-hydrogen) atoms. The lowest BCUT2D eigenvalue weighted by atomic mass is 9.72. The Kier molecular flexibility index (Phi) is 40.5. The number of ether oxygens (including phenoxy) is 12. The number of likely N-dealkylation sites (N-methyl/N-ethyl adjacent to an activating group) is 1. The zero-order valence-electron chi connectivity index (χ0n) is 74.2. The minimum atomic E-state index is -2.09. The van der Waals surface area contributed by atoms with Crippen LogP contribution >= 0.6 is 55.9 Å². The number of hydroxylamine groups is 1. The van der Waals surface area contributed by atoms with Gasteiger partial charge in [-0.2, -0.15) is 5.48 Å². The molecule has 0 saturated carbocycles. The maximum atomic E-state index is 14.7. The molecular formula is C88H124IN7O27S3. The number of thioether (sulfide) groups is 1. The van der Waals surface area contributed by atoms with Crippen molar-refractivity contribution in [2.45, 2.75) is 286 Å². The lowest BCUT2D eigenvalue weighted by Gasteiger charge is -2.47. The number of hydrogen-bond acceptors (Lipinski definition) is 32. The average molecular weight is 1940 g/mol. The van der Waals surface area contributed by atoms with E-state index in [1.54, 1.807) is 89.6 Å². The summed E-state index contributed by atoms with van der Waals surface area (Å²) in [7, 11) is 8.55. The van der Waals surface area contributed by atoms with Gasteiger partial charge < -0.3 is 119 Å². The van der Waals surface area contributed by atoms with Crippen LogP contribution in [0.2, 0.25) is 0 Å². The summed E-state index contributed by atoms with van der Waals surface area (Å²) in [6.45, 7) is 20.9. The van der Waals surface area contributed by atoms with E-state index in [1.165, 1.54) is 70.1 Å². The van der Waals surface area contributed by atoms with Crippen molar-refractivity contribution in [2.24, 2.45) is 29.2 Å². The third-order valence-electron chi connectivity index (χ3n) is 22.2. The van der Waals surface area contributed by atoms with Gasteiger partial charge in [0.15, 0.2) is 47.5 Å². The SMILES string of the molecule is CCN(C(=O)OCc1ccc(NC(=O)[C@H](CCCNC(N)=O)CC(=O)[C@@H](NC(=O)[C@H](CCCCN)CC(C)=O)C(C)C)cc1)[C@H]1CO[C@@H](O[C@H]2[C@H](O[C@H]3C#C/C=C\C#C[C@]4(O)CC(=O)C(CC(C)=O)=C3/C4=C\CSSC(C)(C)C)O[C@H](C)[C@@H](NO[C@H]3C[C@H](O)[C@H](SC(=O)c4c(C)c(I)c(O[C@@H]5O[C@@H](C)[C@H](O)[C@@H](OC)[C@H]5O)c(OC)c4OC)[C@@H](C)O3)[C@@H]2O)C[C@@H]1OC. The Hall–Kier alpha value is -6.85. The highest BCUT2D eigenvalue weighted by molar-refractivity contribution is 14.1. The van der Waals surface area contributed by atoms with Gasteiger partial charge >= 0.3 is 12.1 Å².